The Morgan fingerprint density at radius 1 is 1.07 bits per heavy atom. The van der Waals surface area contributed by atoms with Gasteiger partial charge in [-0.05, 0) is 24.3 Å². The number of nitrogens with one attached hydrogen (secondary N) is 2. The van der Waals surface area contributed by atoms with Crippen molar-refractivity contribution < 1.29 is 9.69 Å². The Morgan fingerprint density at radius 2 is 1.74 bits per heavy atom. The summed E-state index contributed by atoms with van der Waals surface area (Å²) in [6, 6.07) is 15.7. The van der Waals surface area contributed by atoms with Crippen molar-refractivity contribution in [2.75, 3.05) is 37.6 Å². The van der Waals surface area contributed by atoms with Crippen LogP contribution in [0.1, 0.15) is 12.0 Å². The maximum atomic E-state index is 12.0. The van der Waals surface area contributed by atoms with Crippen molar-refractivity contribution in [1.29, 1.82) is 0 Å². The molecule has 1 aliphatic rings. The van der Waals surface area contributed by atoms with Crippen molar-refractivity contribution in [1.82, 2.24) is 5.43 Å². The molecule has 7 heteroatoms. The zero-order valence-corrected chi connectivity index (χ0v) is 16.5. The molecule has 0 unspecified atom stereocenters. The molecule has 27 heavy (non-hydrogen) atoms. The molecule has 0 radical (unpaired) electrons. The van der Waals surface area contributed by atoms with E-state index in [1.54, 1.807) is 18.2 Å². The Morgan fingerprint density at radius 3 is 2.41 bits per heavy atom. The average Bonchev–Trinajstić information content (AvgIpc) is 2.70. The largest absolute Gasteiger partial charge is 0.360 e. The van der Waals surface area contributed by atoms with Gasteiger partial charge >= 0.3 is 0 Å². The van der Waals surface area contributed by atoms with Gasteiger partial charge in [0.25, 0.3) is 0 Å². The number of quaternary nitrogens is 1. The highest BCUT2D eigenvalue weighted by Crippen LogP contribution is 2.21. The fraction of sp³-hybridized carbons (Fsp3) is 0.300. The van der Waals surface area contributed by atoms with Crippen LogP contribution in [-0.2, 0) is 4.79 Å². The Kier molecular flexibility index (Phi) is 7.10. The first-order chi connectivity index (χ1) is 13.1. The minimum Gasteiger partial charge on any atom is -0.360 e. The van der Waals surface area contributed by atoms with E-state index in [0.29, 0.717) is 22.0 Å². The summed E-state index contributed by atoms with van der Waals surface area (Å²) in [6.07, 6.45) is 1.92. The number of hydrogen-bond acceptors (Lipinski definition) is 3. The second-order valence-corrected chi connectivity index (χ2v) is 7.32. The lowest BCUT2D eigenvalue weighted by Crippen LogP contribution is -3.15. The maximum Gasteiger partial charge on any atom is 0.245 e. The van der Waals surface area contributed by atoms with Crippen LogP contribution in [0.15, 0.2) is 53.6 Å². The predicted octanol–water partition coefficient (Wildman–Crippen LogP) is 2.24. The van der Waals surface area contributed by atoms with Gasteiger partial charge < -0.3 is 9.80 Å². The Balaban J connectivity index is 1.39. The SMILES string of the molecule is O=C(CC[NH+]1CCN(c2ccccc2)CC1)N/N=C\c1c(Cl)cccc1Cl. The van der Waals surface area contributed by atoms with Gasteiger partial charge in [0.05, 0.1) is 55.4 Å². The summed E-state index contributed by atoms with van der Waals surface area (Å²) in [7, 11) is 0. The molecule has 0 spiro atoms. The summed E-state index contributed by atoms with van der Waals surface area (Å²) >= 11 is 12.1. The van der Waals surface area contributed by atoms with Crippen LogP contribution in [0.2, 0.25) is 10.0 Å². The number of hydrogen-bond donors (Lipinski definition) is 2. The topological polar surface area (TPSA) is 49.1 Å². The first-order valence-corrected chi connectivity index (χ1v) is 9.78. The molecule has 1 fully saturated rings. The van der Waals surface area contributed by atoms with E-state index >= 15 is 0 Å². The second-order valence-electron chi connectivity index (χ2n) is 6.50. The van der Waals surface area contributed by atoms with Crippen LogP contribution in [0, 0.1) is 0 Å². The lowest BCUT2D eigenvalue weighted by molar-refractivity contribution is -0.900. The van der Waals surface area contributed by atoms with Crippen LogP contribution in [-0.4, -0.2) is 44.8 Å². The fourth-order valence-corrected chi connectivity index (χ4v) is 3.61. The number of halogens is 2. The molecule has 3 rings (SSSR count). The van der Waals surface area contributed by atoms with Crippen molar-refractivity contribution in [3.8, 4) is 0 Å². The number of carbonyl (C=O) groups is 1. The molecule has 2 aromatic rings. The second kappa shape index (κ2) is 9.74. The minimum absolute atomic E-state index is 0.104. The van der Waals surface area contributed by atoms with Crippen molar-refractivity contribution in [2.24, 2.45) is 5.10 Å². The molecule has 0 aliphatic carbocycles. The zero-order chi connectivity index (χ0) is 19.1. The van der Waals surface area contributed by atoms with E-state index < -0.39 is 0 Å². The highest BCUT2D eigenvalue weighted by molar-refractivity contribution is 6.38. The molecule has 0 aromatic heterocycles. The first kappa shape index (κ1) is 19.7. The number of benzene rings is 2. The third-order valence-electron chi connectivity index (χ3n) is 4.68. The summed E-state index contributed by atoms with van der Waals surface area (Å²) < 4.78 is 0. The summed E-state index contributed by atoms with van der Waals surface area (Å²) in [5.41, 5.74) is 4.42. The summed E-state index contributed by atoms with van der Waals surface area (Å²) in [6.45, 7) is 4.87. The highest BCUT2D eigenvalue weighted by atomic mass is 35.5. The van der Waals surface area contributed by atoms with Gasteiger partial charge in [0.1, 0.15) is 0 Å². The molecule has 0 atom stereocenters. The van der Waals surface area contributed by atoms with Crippen molar-refractivity contribution >= 4 is 41.0 Å². The number of nitrogens with zero attached hydrogens (tertiary/aromatic N) is 2. The zero-order valence-electron chi connectivity index (χ0n) is 15.0. The quantitative estimate of drug-likeness (QED) is 0.571. The van der Waals surface area contributed by atoms with Crippen molar-refractivity contribution in [3.05, 3.63) is 64.1 Å². The molecule has 1 amide bonds. The van der Waals surface area contributed by atoms with Gasteiger partial charge in [0.15, 0.2) is 0 Å². The van der Waals surface area contributed by atoms with E-state index in [9.17, 15) is 4.79 Å². The van der Waals surface area contributed by atoms with Crippen LogP contribution in [0.5, 0.6) is 0 Å². The average molecular weight is 406 g/mol. The third-order valence-corrected chi connectivity index (χ3v) is 5.34. The molecule has 0 bridgehead atoms. The maximum absolute atomic E-state index is 12.0. The monoisotopic (exact) mass is 405 g/mol. The number of rotatable bonds is 6. The smallest absolute Gasteiger partial charge is 0.245 e. The number of anilines is 1. The lowest BCUT2D eigenvalue weighted by Gasteiger charge is -2.33. The Hall–Kier alpha value is -2.08. The van der Waals surface area contributed by atoms with Gasteiger partial charge in [-0.2, -0.15) is 5.10 Å². The summed E-state index contributed by atoms with van der Waals surface area (Å²) in [5.74, 6) is -0.104. The van der Waals surface area contributed by atoms with E-state index in [1.807, 2.05) is 6.07 Å². The van der Waals surface area contributed by atoms with E-state index in [-0.39, 0.29) is 5.91 Å². The summed E-state index contributed by atoms with van der Waals surface area (Å²) in [5, 5.41) is 4.97. The molecule has 2 N–H and O–H groups in total. The van der Waals surface area contributed by atoms with Gasteiger partial charge in [-0.3, -0.25) is 4.79 Å². The van der Waals surface area contributed by atoms with Crippen LogP contribution in [0.4, 0.5) is 5.69 Å². The Labute approximate surface area is 169 Å². The first-order valence-electron chi connectivity index (χ1n) is 9.03. The van der Waals surface area contributed by atoms with Crippen LogP contribution >= 0.6 is 23.2 Å². The van der Waals surface area contributed by atoms with Crippen molar-refractivity contribution in [2.45, 2.75) is 6.42 Å². The van der Waals surface area contributed by atoms with Gasteiger partial charge in [0, 0.05) is 11.3 Å². The van der Waals surface area contributed by atoms with Crippen molar-refractivity contribution in [3.63, 3.8) is 0 Å². The molecule has 0 saturated carbocycles. The van der Waals surface area contributed by atoms with Crippen LogP contribution in [0.3, 0.4) is 0 Å². The molecule has 1 heterocycles. The van der Waals surface area contributed by atoms with Crippen LogP contribution in [0.25, 0.3) is 0 Å². The van der Waals surface area contributed by atoms with E-state index in [2.05, 4.69) is 39.7 Å². The van der Waals surface area contributed by atoms with Gasteiger partial charge in [-0.1, -0.05) is 47.5 Å². The number of hydrazone groups is 1. The van der Waals surface area contributed by atoms with Gasteiger partial charge in [-0.25, -0.2) is 5.43 Å². The molecular weight excluding hydrogens is 383 g/mol. The minimum atomic E-state index is -0.104. The highest BCUT2D eigenvalue weighted by Gasteiger charge is 2.20. The molecular formula is C20H23Cl2N4O+. The molecule has 142 valence electrons. The van der Waals surface area contributed by atoms with Gasteiger partial charge in [-0.15, -0.1) is 0 Å². The fourth-order valence-electron chi connectivity index (χ4n) is 3.12. The van der Waals surface area contributed by atoms with Gasteiger partial charge in [0.2, 0.25) is 5.91 Å². The number of amides is 1. The third kappa shape index (κ3) is 5.70. The van der Waals surface area contributed by atoms with E-state index in [0.717, 1.165) is 32.7 Å². The standard InChI is InChI=1S/C20H22Cl2N4O/c21-18-7-4-8-19(22)17(18)15-23-24-20(27)9-10-25-11-13-26(14-12-25)16-5-2-1-3-6-16/h1-8,15H,9-14H2,(H,24,27)/p+1/b23-15-. The van der Waals surface area contributed by atoms with E-state index in [1.165, 1.54) is 16.8 Å². The number of piperazine rings is 1. The molecule has 2 aromatic carbocycles. The van der Waals surface area contributed by atoms with E-state index in [4.69, 9.17) is 23.2 Å². The lowest BCUT2D eigenvalue weighted by atomic mass is 10.2. The number of carbonyl (C=O) groups excluding carboxylic acids is 1. The summed E-state index contributed by atoms with van der Waals surface area (Å²) in [4.78, 5) is 15.8. The molecule has 5 nitrogen and oxygen atoms in total. The predicted molar refractivity (Wildman–Crippen MR) is 111 cm³/mol. The van der Waals surface area contributed by atoms with Crippen LogP contribution < -0.4 is 15.2 Å². The normalized spacial score (nSPS) is 15.3. The Bertz CT molecular complexity index is 770. The molecule has 1 aliphatic heterocycles. The number of para-hydroxylation sites is 1. The molecule has 1 saturated heterocycles.